The highest BCUT2D eigenvalue weighted by Gasteiger charge is 2.08. The number of nitrogens with one attached hydrogen (secondary N) is 2. The molecular formula is C12H16N2O3. The molecule has 0 spiro atoms. The first-order chi connectivity index (χ1) is 8.24. The van der Waals surface area contributed by atoms with Gasteiger partial charge in [0, 0.05) is 18.7 Å². The molecule has 0 atom stereocenters. The predicted octanol–water partition coefficient (Wildman–Crippen LogP) is 1.16. The summed E-state index contributed by atoms with van der Waals surface area (Å²) in [4.78, 5) is 22.8. The Morgan fingerprint density at radius 3 is 2.59 bits per heavy atom. The Labute approximate surface area is 100 Å². The van der Waals surface area contributed by atoms with Gasteiger partial charge in [0.15, 0.2) is 0 Å². The van der Waals surface area contributed by atoms with Crippen molar-refractivity contribution in [2.75, 3.05) is 19.8 Å². The average Bonchev–Trinajstić information content (AvgIpc) is 2.36. The van der Waals surface area contributed by atoms with Crippen LogP contribution in [0.1, 0.15) is 17.3 Å². The lowest BCUT2D eigenvalue weighted by Crippen LogP contribution is -2.40. The number of ether oxygens (including phenoxy) is 1. The van der Waals surface area contributed by atoms with Crippen LogP contribution in [-0.2, 0) is 4.74 Å². The van der Waals surface area contributed by atoms with E-state index in [-0.39, 0.29) is 0 Å². The first kappa shape index (κ1) is 13.2. The number of hydrogen-bond donors (Lipinski definition) is 2. The molecule has 2 N–H and O–H groups in total. The third-order valence-corrected chi connectivity index (χ3v) is 2.00. The number of carbonyl (C=O) groups excluding carboxylic acids is 2. The molecule has 0 aliphatic carbocycles. The van der Waals surface area contributed by atoms with E-state index in [1.54, 1.807) is 30.3 Å². The second-order valence-corrected chi connectivity index (χ2v) is 3.27. The normalized spacial score (nSPS) is 9.71. The van der Waals surface area contributed by atoms with Crippen LogP contribution in [0, 0.1) is 0 Å². The van der Waals surface area contributed by atoms with E-state index < -0.39 is 11.9 Å². The van der Waals surface area contributed by atoms with Crippen LogP contribution in [0.25, 0.3) is 0 Å². The molecule has 0 aliphatic heterocycles. The summed E-state index contributed by atoms with van der Waals surface area (Å²) in [6.45, 7) is 3.29. The molecule has 0 bridgehead atoms. The van der Waals surface area contributed by atoms with Crippen LogP contribution in [0.15, 0.2) is 30.3 Å². The fourth-order valence-electron chi connectivity index (χ4n) is 1.19. The lowest BCUT2D eigenvalue weighted by Gasteiger charge is -2.06. The van der Waals surface area contributed by atoms with Gasteiger partial charge in [-0.3, -0.25) is 10.1 Å². The number of urea groups is 1. The van der Waals surface area contributed by atoms with Crippen molar-refractivity contribution in [3.05, 3.63) is 35.9 Å². The minimum atomic E-state index is -0.515. The van der Waals surface area contributed by atoms with Crippen molar-refractivity contribution < 1.29 is 14.3 Å². The summed E-state index contributed by atoms with van der Waals surface area (Å²) in [5, 5.41) is 4.75. The van der Waals surface area contributed by atoms with Crippen molar-refractivity contribution in [2.45, 2.75) is 6.92 Å². The molecule has 0 unspecified atom stereocenters. The number of amides is 3. The summed E-state index contributed by atoms with van der Waals surface area (Å²) in [6.07, 6.45) is 0. The van der Waals surface area contributed by atoms with Crippen LogP contribution >= 0.6 is 0 Å². The summed E-state index contributed by atoms with van der Waals surface area (Å²) in [6, 6.07) is 8.05. The summed E-state index contributed by atoms with van der Waals surface area (Å²) in [5.74, 6) is -0.417. The van der Waals surface area contributed by atoms with Crippen molar-refractivity contribution >= 4 is 11.9 Å². The summed E-state index contributed by atoms with van der Waals surface area (Å²) in [5.41, 5.74) is 0.451. The SMILES string of the molecule is CCOCCNC(=O)NC(=O)c1ccccc1. The van der Waals surface area contributed by atoms with Gasteiger partial charge >= 0.3 is 6.03 Å². The fourth-order valence-corrected chi connectivity index (χ4v) is 1.19. The van der Waals surface area contributed by atoms with Crippen LogP contribution < -0.4 is 10.6 Å². The van der Waals surface area contributed by atoms with E-state index in [0.717, 1.165) is 0 Å². The Morgan fingerprint density at radius 1 is 1.24 bits per heavy atom. The molecule has 5 heteroatoms. The Kier molecular flexibility index (Phi) is 5.74. The first-order valence-corrected chi connectivity index (χ1v) is 5.46. The lowest BCUT2D eigenvalue weighted by molar-refractivity contribution is 0.0962. The molecule has 0 saturated carbocycles. The molecule has 0 aromatic heterocycles. The topological polar surface area (TPSA) is 67.4 Å². The van der Waals surface area contributed by atoms with Gasteiger partial charge in [0.05, 0.1) is 6.61 Å². The Balaban J connectivity index is 2.29. The minimum absolute atomic E-state index is 0.377. The van der Waals surface area contributed by atoms with E-state index in [9.17, 15) is 9.59 Å². The highest BCUT2D eigenvalue weighted by Crippen LogP contribution is 1.97. The van der Waals surface area contributed by atoms with E-state index in [1.807, 2.05) is 6.92 Å². The molecule has 5 nitrogen and oxygen atoms in total. The maximum absolute atomic E-state index is 11.5. The van der Waals surface area contributed by atoms with Crippen LogP contribution in [0.2, 0.25) is 0 Å². The van der Waals surface area contributed by atoms with E-state index in [1.165, 1.54) is 0 Å². The average molecular weight is 236 g/mol. The van der Waals surface area contributed by atoms with E-state index in [4.69, 9.17) is 4.74 Å². The molecule has 0 saturated heterocycles. The molecule has 0 aliphatic rings. The molecule has 3 amide bonds. The molecule has 1 aromatic carbocycles. The third-order valence-electron chi connectivity index (χ3n) is 2.00. The van der Waals surface area contributed by atoms with E-state index in [2.05, 4.69) is 10.6 Å². The minimum Gasteiger partial charge on any atom is -0.380 e. The number of carbonyl (C=O) groups is 2. The first-order valence-electron chi connectivity index (χ1n) is 5.46. The summed E-state index contributed by atoms with van der Waals surface area (Å²) >= 11 is 0. The zero-order valence-electron chi connectivity index (χ0n) is 9.73. The molecule has 1 aromatic rings. The molecule has 0 heterocycles. The molecule has 92 valence electrons. The fraction of sp³-hybridized carbons (Fsp3) is 0.333. The Hall–Kier alpha value is -1.88. The molecule has 0 fully saturated rings. The highest BCUT2D eigenvalue weighted by molar-refractivity contribution is 6.04. The van der Waals surface area contributed by atoms with Gasteiger partial charge in [0.1, 0.15) is 0 Å². The van der Waals surface area contributed by atoms with Crippen molar-refractivity contribution in [3.8, 4) is 0 Å². The van der Waals surface area contributed by atoms with Gasteiger partial charge in [-0.1, -0.05) is 18.2 Å². The number of imide groups is 1. The van der Waals surface area contributed by atoms with Crippen molar-refractivity contribution in [3.63, 3.8) is 0 Å². The molecule has 17 heavy (non-hydrogen) atoms. The van der Waals surface area contributed by atoms with Crippen LogP contribution in [0.5, 0.6) is 0 Å². The van der Waals surface area contributed by atoms with Gasteiger partial charge < -0.3 is 10.1 Å². The molecule has 0 radical (unpaired) electrons. The standard InChI is InChI=1S/C12H16N2O3/c1-2-17-9-8-13-12(16)14-11(15)10-6-4-3-5-7-10/h3-7H,2,8-9H2,1H3,(H2,13,14,15,16). The van der Waals surface area contributed by atoms with E-state index >= 15 is 0 Å². The summed E-state index contributed by atoms with van der Waals surface area (Å²) in [7, 11) is 0. The predicted molar refractivity (Wildman–Crippen MR) is 63.8 cm³/mol. The summed E-state index contributed by atoms with van der Waals surface area (Å²) < 4.78 is 5.05. The maximum atomic E-state index is 11.5. The third kappa shape index (κ3) is 5.12. The monoisotopic (exact) mass is 236 g/mol. The second-order valence-electron chi connectivity index (χ2n) is 3.27. The smallest absolute Gasteiger partial charge is 0.321 e. The van der Waals surface area contributed by atoms with Gasteiger partial charge in [-0.25, -0.2) is 4.79 Å². The zero-order chi connectivity index (χ0) is 12.5. The van der Waals surface area contributed by atoms with Crippen molar-refractivity contribution in [1.29, 1.82) is 0 Å². The molecular weight excluding hydrogens is 220 g/mol. The van der Waals surface area contributed by atoms with Crippen LogP contribution in [0.4, 0.5) is 4.79 Å². The lowest BCUT2D eigenvalue weighted by atomic mass is 10.2. The van der Waals surface area contributed by atoms with Gasteiger partial charge in [0.25, 0.3) is 5.91 Å². The largest absolute Gasteiger partial charge is 0.380 e. The Bertz CT molecular complexity index is 365. The second kappa shape index (κ2) is 7.40. The van der Waals surface area contributed by atoms with Gasteiger partial charge in [-0.05, 0) is 19.1 Å². The maximum Gasteiger partial charge on any atom is 0.321 e. The zero-order valence-corrected chi connectivity index (χ0v) is 9.73. The van der Waals surface area contributed by atoms with Gasteiger partial charge in [0.2, 0.25) is 0 Å². The van der Waals surface area contributed by atoms with Crippen molar-refractivity contribution in [1.82, 2.24) is 10.6 Å². The van der Waals surface area contributed by atoms with Crippen molar-refractivity contribution in [2.24, 2.45) is 0 Å². The van der Waals surface area contributed by atoms with Crippen LogP contribution in [0.3, 0.4) is 0 Å². The van der Waals surface area contributed by atoms with Gasteiger partial charge in [-0.15, -0.1) is 0 Å². The number of hydrogen-bond acceptors (Lipinski definition) is 3. The number of benzene rings is 1. The highest BCUT2D eigenvalue weighted by atomic mass is 16.5. The number of rotatable bonds is 5. The van der Waals surface area contributed by atoms with Crippen LogP contribution in [-0.4, -0.2) is 31.7 Å². The Morgan fingerprint density at radius 2 is 1.94 bits per heavy atom. The van der Waals surface area contributed by atoms with E-state index in [0.29, 0.717) is 25.3 Å². The van der Waals surface area contributed by atoms with Gasteiger partial charge in [-0.2, -0.15) is 0 Å². The quantitative estimate of drug-likeness (QED) is 0.754. The molecule has 1 rings (SSSR count).